The van der Waals surface area contributed by atoms with Gasteiger partial charge in [-0.1, -0.05) is 30.3 Å². The van der Waals surface area contributed by atoms with Crippen molar-refractivity contribution in [2.75, 3.05) is 12.4 Å². The van der Waals surface area contributed by atoms with Crippen LogP contribution in [-0.4, -0.2) is 24.1 Å². The van der Waals surface area contributed by atoms with Crippen molar-refractivity contribution in [2.45, 2.75) is 6.42 Å². The highest BCUT2D eigenvalue weighted by atomic mass is 16.5. The summed E-state index contributed by atoms with van der Waals surface area (Å²) in [5.41, 5.74) is 1.18. The molecule has 5 nitrogen and oxygen atoms in total. The summed E-state index contributed by atoms with van der Waals surface area (Å²) in [7, 11) is 1.28. The maximum atomic E-state index is 12.0. The summed E-state index contributed by atoms with van der Waals surface area (Å²) in [5, 5.41) is 12.3. The maximum absolute atomic E-state index is 12.0. The molecule has 0 radical (unpaired) electrons. The van der Waals surface area contributed by atoms with E-state index in [1.54, 1.807) is 42.5 Å². The Morgan fingerprint density at radius 3 is 2.48 bits per heavy atom. The number of hydrogen-bond acceptors (Lipinski definition) is 4. The Kier molecular flexibility index (Phi) is 4.56. The molecule has 0 atom stereocenters. The summed E-state index contributed by atoms with van der Waals surface area (Å²) < 4.78 is 4.67. The highest BCUT2D eigenvalue weighted by Gasteiger charge is 2.14. The topological polar surface area (TPSA) is 75.6 Å². The van der Waals surface area contributed by atoms with Crippen molar-refractivity contribution in [1.82, 2.24) is 0 Å². The summed E-state index contributed by atoms with van der Waals surface area (Å²) >= 11 is 0. The van der Waals surface area contributed by atoms with E-state index >= 15 is 0 Å². The molecular formula is C16H15NO4. The minimum atomic E-state index is -0.520. The molecule has 2 N–H and O–H groups in total. The molecule has 1 amide bonds. The molecular weight excluding hydrogens is 270 g/mol. The molecule has 0 heterocycles. The first-order valence-electron chi connectivity index (χ1n) is 6.36. The predicted molar refractivity (Wildman–Crippen MR) is 78.2 cm³/mol. The van der Waals surface area contributed by atoms with Gasteiger partial charge in [-0.25, -0.2) is 4.79 Å². The van der Waals surface area contributed by atoms with Crippen molar-refractivity contribution in [2.24, 2.45) is 0 Å². The number of phenolic OH excluding ortho intramolecular Hbond substituents is 1. The van der Waals surface area contributed by atoms with Crippen LogP contribution in [0, 0.1) is 0 Å². The Morgan fingerprint density at radius 2 is 1.76 bits per heavy atom. The molecule has 0 fully saturated rings. The first kappa shape index (κ1) is 14.6. The third-order valence-corrected chi connectivity index (χ3v) is 2.95. The largest absolute Gasteiger partial charge is 0.508 e. The number of anilines is 1. The molecule has 5 heteroatoms. The SMILES string of the molecule is COC(=O)c1ccccc1NC(=O)Cc1ccccc1O. The van der Waals surface area contributed by atoms with Crippen LogP contribution in [0.25, 0.3) is 0 Å². The van der Waals surface area contributed by atoms with Gasteiger partial charge in [-0.2, -0.15) is 0 Å². The number of carbonyl (C=O) groups excluding carboxylic acids is 2. The quantitative estimate of drug-likeness (QED) is 0.846. The van der Waals surface area contributed by atoms with E-state index in [1.165, 1.54) is 13.2 Å². The Morgan fingerprint density at radius 1 is 1.10 bits per heavy atom. The van der Waals surface area contributed by atoms with E-state index in [4.69, 9.17) is 0 Å². The van der Waals surface area contributed by atoms with E-state index in [0.717, 1.165) is 0 Å². The molecule has 0 aliphatic carbocycles. The number of nitrogens with one attached hydrogen (secondary N) is 1. The van der Waals surface area contributed by atoms with Gasteiger partial charge in [0.1, 0.15) is 5.75 Å². The first-order valence-corrected chi connectivity index (χ1v) is 6.36. The molecule has 2 aromatic carbocycles. The van der Waals surface area contributed by atoms with Gasteiger partial charge in [0.05, 0.1) is 24.8 Å². The summed E-state index contributed by atoms with van der Waals surface area (Å²) in [6, 6.07) is 13.2. The number of methoxy groups -OCH3 is 1. The van der Waals surface area contributed by atoms with E-state index in [9.17, 15) is 14.7 Å². The Bertz CT molecular complexity index is 667. The molecule has 0 saturated carbocycles. The molecule has 0 saturated heterocycles. The zero-order chi connectivity index (χ0) is 15.2. The lowest BCUT2D eigenvalue weighted by molar-refractivity contribution is -0.115. The van der Waals surface area contributed by atoms with E-state index in [2.05, 4.69) is 10.1 Å². The van der Waals surface area contributed by atoms with Gasteiger partial charge in [-0.15, -0.1) is 0 Å². The van der Waals surface area contributed by atoms with Crippen LogP contribution in [0.4, 0.5) is 5.69 Å². The molecule has 0 unspecified atom stereocenters. The standard InChI is InChI=1S/C16H15NO4/c1-21-16(20)12-7-3-4-8-13(12)17-15(19)10-11-6-2-5-9-14(11)18/h2-9,18H,10H2,1H3,(H,17,19). The number of benzene rings is 2. The number of hydrogen-bond donors (Lipinski definition) is 2. The summed E-state index contributed by atoms with van der Waals surface area (Å²) in [5.74, 6) is -0.782. The van der Waals surface area contributed by atoms with Crippen LogP contribution >= 0.6 is 0 Å². The summed E-state index contributed by atoms with van der Waals surface area (Å²) in [4.78, 5) is 23.6. The highest BCUT2D eigenvalue weighted by Crippen LogP contribution is 2.19. The average molecular weight is 285 g/mol. The summed E-state index contributed by atoms with van der Waals surface area (Å²) in [6.45, 7) is 0. The smallest absolute Gasteiger partial charge is 0.339 e. The van der Waals surface area contributed by atoms with Crippen molar-refractivity contribution < 1.29 is 19.4 Å². The van der Waals surface area contributed by atoms with Crippen molar-refractivity contribution in [3.05, 3.63) is 59.7 Å². The molecule has 0 aliphatic rings. The van der Waals surface area contributed by atoms with Gasteiger partial charge in [0.25, 0.3) is 0 Å². The lowest BCUT2D eigenvalue weighted by Gasteiger charge is -2.10. The van der Waals surface area contributed by atoms with Crippen molar-refractivity contribution in [3.63, 3.8) is 0 Å². The molecule has 21 heavy (non-hydrogen) atoms. The van der Waals surface area contributed by atoms with Gasteiger partial charge in [0.2, 0.25) is 5.91 Å². The number of carbonyl (C=O) groups is 2. The minimum Gasteiger partial charge on any atom is -0.508 e. The number of amides is 1. The zero-order valence-corrected chi connectivity index (χ0v) is 11.5. The van der Waals surface area contributed by atoms with Gasteiger partial charge < -0.3 is 15.2 Å². The van der Waals surface area contributed by atoms with Crippen molar-refractivity contribution in [3.8, 4) is 5.75 Å². The fourth-order valence-electron chi connectivity index (χ4n) is 1.91. The van der Waals surface area contributed by atoms with Gasteiger partial charge in [0.15, 0.2) is 0 Å². The zero-order valence-electron chi connectivity index (χ0n) is 11.5. The van der Waals surface area contributed by atoms with Crippen LogP contribution in [0.2, 0.25) is 0 Å². The second-order valence-electron chi connectivity index (χ2n) is 4.39. The van der Waals surface area contributed by atoms with Gasteiger partial charge in [0, 0.05) is 5.56 Å². The number of ether oxygens (including phenoxy) is 1. The van der Waals surface area contributed by atoms with E-state index in [0.29, 0.717) is 11.3 Å². The fraction of sp³-hybridized carbons (Fsp3) is 0.125. The number of esters is 1. The monoisotopic (exact) mass is 285 g/mol. The number of aromatic hydroxyl groups is 1. The van der Waals surface area contributed by atoms with Crippen molar-refractivity contribution >= 4 is 17.6 Å². The Balaban J connectivity index is 2.14. The first-order chi connectivity index (χ1) is 10.1. The highest BCUT2D eigenvalue weighted by molar-refractivity contribution is 6.01. The third kappa shape index (κ3) is 3.60. The molecule has 0 aromatic heterocycles. The van der Waals surface area contributed by atoms with Crippen LogP contribution < -0.4 is 5.32 Å². The molecule has 0 bridgehead atoms. The van der Waals surface area contributed by atoms with Crippen LogP contribution in [0.3, 0.4) is 0 Å². The van der Waals surface area contributed by atoms with E-state index < -0.39 is 5.97 Å². The van der Waals surface area contributed by atoms with Crippen LogP contribution in [0.1, 0.15) is 15.9 Å². The lowest BCUT2D eigenvalue weighted by Crippen LogP contribution is -2.17. The van der Waals surface area contributed by atoms with Crippen LogP contribution in [0.5, 0.6) is 5.75 Å². The third-order valence-electron chi connectivity index (χ3n) is 2.95. The van der Waals surface area contributed by atoms with E-state index in [-0.39, 0.29) is 23.6 Å². The minimum absolute atomic E-state index is 0.0161. The Labute approximate surface area is 122 Å². The molecule has 0 spiro atoms. The normalized spacial score (nSPS) is 9.95. The van der Waals surface area contributed by atoms with Crippen molar-refractivity contribution in [1.29, 1.82) is 0 Å². The molecule has 108 valence electrons. The number of rotatable bonds is 4. The molecule has 0 aliphatic heterocycles. The number of para-hydroxylation sites is 2. The van der Waals surface area contributed by atoms with E-state index in [1.807, 2.05) is 0 Å². The van der Waals surface area contributed by atoms with Gasteiger partial charge in [-0.05, 0) is 18.2 Å². The average Bonchev–Trinajstić information content (AvgIpc) is 2.49. The Hall–Kier alpha value is -2.82. The number of phenols is 1. The fourth-order valence-corrected chi connectivity index (χ4v) is 1.91. The molecule has 2 rings (SSSR count). The van der Waals surface area contributed by atoms with Crippen LogP contribution in [0.15, 0.2) is 48.5 Å². The molecule has 2 aromatic rings. The second kappa shape index (κ2) is 6.56. The van der Waals surface area contributed by atoms with Gasteiger partial charge in [-0.3, -0.25) is 4.79 Å². The van der Waals surface area contributed by atoms with Gasteiger partial charge >= 0.3 is 5.97 Å². The summed E-state index contributed by atoms with van der Waals surface area (Å²) in [6.07, 6.45) is 0.0161. The van der Waals surface area contributed by atoms with Crippen LogP contribution in [-0.2, 0) is 16.0 Å². The predicted octanol–water partition coefficient (Wildman–Crippen LogP) is 2.36. The maximum Gasteiger partial charge on any atom is 0.339 e. The lowest BCUT2D eigenvalue weighted by atomic mass is 10.1. The second-order valence-corrected chi connectivity index (χ2v) is 4.39.